The van der Waals surface area contributed by atoms with Crippen LogP contribution in [0.3, 0.4) is 0 Å². The molecule has 0 saturated heterocycles. The van der Waals surface area contributed by atoms with E-state index >= 15 is 0 Å². The van der Waals surface area contributed by atoms with Crippen molar-refractivity contribution in [3.8, 4) is 0 Å². The average Bonchev–Trinajstić information content (AvgIpc) is 2.34. The highest BCUT2D eigenvalue weighted by molar-refractivity contribution is 7.75. The van der Waals surface area contributed by atoms with E-state index in [2.05, 4.69) is 22.1 Å². The van der Waals surface area contributed by atoms with Crippen LogP contribution in [0.4, 0.5) is 0 Å². The van der Waals surface area contributed by atoms with Crippen LogP contribution in [-0.2, 0) is 10.6 Å². The van der Waals surface area contributed by atoms with E-state index in [-0.39, 0.29) is 0 Å². The summed E-state index contributed by atoms with van der Waals surface area (Å²) >= 11 is 5.21. The van der Waals surface area contributed by atoms with Gasteiger partial charge in [-0.1, -0.05) is 0 Å². The van der Waals surface area contributed by atoms with Gasteiger partial charge in [0.2, 0.25) is 0 Å². The van der Waals surface area contributed by atoms with Gasteiger partial charge in [0.15, 0.2) is 0 Å². The van der Waals surface area contributed by atoms with E-state index in [1.807, 2.05) is 10.9 Å². The number of rotatable bonds is 3. The van der Waals surface area contributed by atoms with Crippen LogP contribution in [0.25, 0.3) is 0 Å². The van der Waals surface area contributed by atoms with E-state index in [1.54, 1.807) is 11.3 Å². The zero-order chi connectivity index (χ0) is 6.53. The van der Waals surface area contributed by atoms with Crippen LogP contribution in [0.1, 0.15) is 5.69 Å². The van der Waals surface area contributed by atoms with Crippen molar-refractivity contribution in [3.05, 3.63) is 16.6 Å². The van der Waals surface area contributed by atoms with Crippen LogP contribution in [0.2, 0.25) is 0 Å². The molecule has 0 unspecified atom stereocenters. The molecule has 0 spiro atoms. The largest absolute Gasteiger partial charge is 0.318 e. The third-order valence-electron chi connectivity index (χ3n) is 0.933. The Morgan fingerprint density at radius 2 is 2.67 bits per heavy atom. The van der Waals surface area contributed by atoms with Gasteiger partial charge in [-0.15, -0.1) is 11.3 Å². The maximum absolute atomic E-state index is 4.57. The summed E-state index contributed by atoms with van der Waals surface area (Å²) in [5.74, 6) is 0. The molecule has 0 fully saturated rings. The second kappa shape index (κ2) is 3.87. The normalized spacial score (nSPS) is 9.89. The quantitative estimate of drug-likeness (QED) is 0.536. The summed E-state index contributed by atoms with van der Waals surface area (Å²) in [6.07, 6.45) is 0.854. The van der Waals surface area contributed by atoms with E-state index in [4.69, 9.17) is 0 Å². The number of thiol groups is 1. The van der Waals surface area contributed by atoms with Crippen molar-refractivity contribution >= 4 is 24.2 Å². The fraction of sp³-hybridized carbons (Fsp3) is 0.400. The Morgan fingerprint density at radius 3 is 3.22 bits per heavy atom. The molecule has 0 bridgehead atoms. The van der Waals surface area contributed by atoms with Crippen LogP contribution in [-0.4, -0.2) is 11.6 Å². The number of aromatic nitrogens is 1. The Kier molecular flexibility index (Phi) is 3.03. The van der Waals surface area contributed by atoms with Gasteiger partial charge in [-0.3, -0.25) is 0 Å². The first kappa shape index (κ1) is 7.05. The van der Waals surface area contributed by atoms with E-state index in [9.17, 15) is 0 Å². The Morgan fingerprint density at radius 1 is 1.78 bits per heavy atom. The molecule has 0 saturated carbocycles. The number of hydrogen-bond donors (Lipinski definition) is 1. The molecule has 0 aliphatic rings. The van der Waals surface area contributed by atoms with Gasteiger partial charge >= 0.3 is 0 Å². The van der Waals surface area contributed by atoms with E-state index < -0.39 is 0 Å². The SMILES string of the molecule is SOCCc1cscn1. The van der Waals surface area contributed by atoms with Crippen LogP contribution >= 0.6 is 24.2 Å². The fourth-order valence-electron chi connectivity index (χ4n) is 0.511. The predicted octanol–water partition coefficient (Wildman–Crippen LogP) is 1.55. The van der Waals surface area contributed by atoms with Gasteiger partial charge in [0, 0.05) is 11.8 Å². The first-order chi connectivity index (χ1) is 4.43. The molecule has 1 rings (SSSR count). The molecule has 1 aromatic heterocycles. The van der Waals surface area contributed by atoms with Gasteiger partial charge < -0.3 is 4.18 Å². The van der Waals surface area contributed by atoms with E-state index in [0.717, 1.165) is 12.1 Å². The van der Waals surface area contributed by atoms with Gasteiger partial charge in [-0.2, -0.15) is 0 Å². The predicted molar refractivity (Wildman–Crippen MR) is 40.8 cm³/mol. The molecule has 50 valence electrons. The standard InChI is InChI=1S/C5H7NOS2/c8-7-2-1-5-3-9-4-6-5/h3-4,8H,1-2H2. The fourth-order valence-corrected chi connectivity index (χ4v) is 1.20. The summed E-state index contributed by atoms with van der Waals surface area (Å²) in [5, 5.41) is 2.01. The van der Waals surface area contributed by atoms with Gasteiger partial charge in [-0.25, -0.2) is 4.98 Å². The van der Waals surface area contributed by atoms with Crippen LogP contribution in [0, 0.1) is 0 Å². The van der Waals surface area contributed by atoms with E-state index in [0.29, 0.717) is 6.61 Å². The molecule has 9 heavy (non-hydrogen) atoms. The molecule has 1 heterocycles. The maximum Gasteiger partial charge on any atom is 0.0794 e. The molecule has 0 N–H and O–H groups in total. The average molecular weight is 161 g/mol. The number of nitrogens with zero attached hydrogens (tertiary/aromatic N) is 1. The van der Waals surface area contributed by atoms with Crippen molar-refractivity contribution in [1.29, 1.82) is 0 Å². The Bertz CT molecular complexity index is 152. The minimum absolute atomic E-state index is 0.632. The highest BCUT2D eigenvalue weighted by Crippen LogP contribution is 2.01. The van der Waals surface area contributed by atoms with Gasteiger partial charge in [0.05, 0.1) is 17.8 Å². The molecule has 0 aromatic carbocycles. The third kappa shape index (κ3) is 2.34. The third-order valence-corrected chi connectivity index (χ3v) is 1.75. The van der Waals surface area contributed by atoms with Gasteiger partial charge in [-0.05, 0) is 12.9 Å². The maximum atomic E-state index is 4.57. The zero-order valence-corrected chi connectivity index (χ0v) is 6.49. The van der Waals surface area contributed by atoms with Crippen molar-refractivity contribution in [2.24, 2.45) is 0 Å². The van der Waals surface area contributed by atoms with E-state index in [1.165, 1.54) is 0 Å². The highest BCUT2D eigenvalue weighted by atomic mass is 32.1. The molecule has 1 aromatic rings. The van der Waals surface area contributed by atoms with Gasteiger partial charge in [0.1, 0.15) is 0 Å². The lowest BCUT2D eigenvalue weighted by Crippen LogP contribution is -1.90. The van der Waals surface area contributed by atoms with Crippen LogP contribution < -0.4 is 0 Å². The first-order valence-corrected chi connectivity index (χ1v) is 3.87. The van der Waals surface area contributed by atoms with Crippen molar-refractivity contribution < 1.29 is 4.18 Å². The summed E-state index contributed by atoms with van der Waals surface area (Å²) < 4.78 is 4.57. The summed E-state index contributed by atoms with van der Waals surface area (Å²) in [5.41, 5.74) is 2.89. The monoisotopic (exact) mass is 161 g/mol. The zero-order valence-electron chi connectivity index (χ0n) is 4.78. The number of thiazole rings is 1. The van der Waals surface area contributed by atoms with Crippen molar-refractivity contribution in [2.45, 2.75) is 6.42 Å². The topological polar surface area (TPSA) is 22.1 Å². The molecular formula is C5H7NOS2. The molecule has 0 atom stereocenters. The lowest BCUT2D eigenvalue weighted by Gasteiger charge is -1.90. The first-order valence-electron chi connectivity index (χ1n) is 2.57. The molecule has 0 amide bonds. The Hall–Kier alpha value is -0.0600. The minimum atomic E-state index is 0.632. The van der Waals surface area contributed by atoms with Crippen LogP contribution in [0.5, 0.6) is 0 Å². The van der Waals surface area contributed by atoms with Crippen molar-refractivity contribution in [3.63, 3.8) is 0 Å². The van der Waals surface area contributed by atoms with Gasteiger partial charge in [0.25, 0.3) is 0 Å². The summed E-state index contributed by atoms with van der Waals surface area (Å²) in [6.45, 7) is 0.632. The Balaban J connectivity index is 2.30. The second-order valence-corrected chi connectivity index (χ2v) is 2.54. The number of hydrogen-bond acceptors (Lipinski definition) is 4. The summed E-state index contributed by atoms with van der Waals surface area (Å²) in [7, 11) is 0. The lowest BCUT2D eigenvalue weighted by atomic mass is 10.4. The van der Waals surface area contributed by atoms with Crippen molar-refractivity contribution in [2.75, 3.05) is 6.61 Å². The lowest BCUT2D eigenvalue weighted by molar-refractivity contribution is 0.385. The Labute approximate surface area is 63.5 Å². The molecule has 0 radical (unpaired) electrons. The second-order valence-electron chi connectivity index (χ2n) is 1.56. The highest BCUT2D eigenvalue weighted by Gasteiger charge is 1.91. The summed E-state index contributed by atoms with van der Waals surface area (Å²) in [6, 6.07) is 0. The minimum Gasteiger partial charge on any atom is -0.318 e. The molecule has 2 nitrogen and oxygen atoms in total. The molecule has 0 aliphatic heterocycles. The molecule has 4 heteroatoms. The van der Waals surface area contributed by atoms with Crippen molar-refractivity contribution in [1.82, 2.24) is 4.98 Å². The molecule has 0 aliphatic carbocycles. The smallest absolute Gasteiger partial charge is 0.0794 e. The summed E-state index contributed by atoms with van der Waals surface area (Å²) in [4.78, 5) is 4.06. The van der Waals surface area contributed by atoms with Crippen LogP contribution in [0.15, 0.2) is 10.9 Å². The molecular weight excluding hydrogens is 154 g/mol.